The predicted molar refractivity (Wildman–Crippen MR) is 98.8 cm³/mol. The lowest BCUT2D eigenvalue weighted by Gasteiger charge is -2.64. The molecule has 26 heavy (non-hydrogen) atoms. The average molecular weight is 383 g/mol. The van der Waals surface area contributed by atoms with Gasteiger partial charge in [0.15, 0.2) is 0 Å². The summed E-state index contributed by atoms with van der Waals surface area (Å²) in [5, 5.41) is 11.4. The fourth-order valence-electron chi connectivity index (χ4n) is 7.30. The van der Waals surface area contributed by atoms with E-state index in [1.54, 1.807) is 0 Å². The lowest BCUT2D eigenvalue weighted by molar-refractivity contribution is -0.219. The van der Waals surface area contributed by atoms with Gasteiger partial charge < -0.3 is 9.84 Å². The molecule has 5 heteroatoms. The van der Waals surface area contributed by atoms with Crippen LogP contribution in [0.25, 0.3) is 0 Å². The zero-order chi connectivity index (χ0) is 18.9. The molecule has 4 aliphatic rings. The number of aliphatic hydroxyl groups is 1. The summed E-state index contributed by atoms with van der Waals surface area (Å²) in [5.74, 6) is 1.35. The number of carbonyl (C=O) groups is 2. The van der Waals surface area contributed by atoms with Gasteiger partial charge >= 0.3 is 5.97 Å². The van der Waals surface area contributed by atoms with Crippen molar-refractivity contribution in [3.8, 4) is 0 Å². The van der Waals surface area contributed by atoms with Crippen LogP contribution < -0.4 is 0 Å². The van der Waals surface area contributed by atoms with Crippen molar-refractivity contribution in [2.45, 2.75) is 89.2 Å². The molecule has 4 saturated carbocycles. The Morgan fingerprint density at radius 2 is 1.92 bits per heavy atom. The van der Waals surface area contributed by atoms with Gasteiger partial charge in [-0.05, 0) is 56.3 Å². The minimum atomic E-state index is -1.01. The molecule has 0 amide bonds. The maximum absolute atomic E-state index is 12.5. The van der Waals surface area contributed by atoms with Gasteiger partial charge in [-0.15, -0.1) is 11.6 Å². The molecule has 4 fully saturated rings. The lowest BCUT2D eigenvalue weighted by atomic mass is 9.43. The number of ketones is 1. The molecule has 4 rings (SSSR count). The Morgan fingerprint density at radius 3 is 2.62 bits per heavy atom. The maximum Gasteiger partial charge on any atom is 0.302 e. The number of carbonyl (C=O) groups excluding carboxylic acids is 2. The number of rotatable bonds is 1. The molecule has 146 valence electrons. The Hall–Kier alpha value is -0.610. The van der Waals surface area contributed by atoms with Gasteiger partial charge in [0, 0.05) is 30.6 Å². The van der Waals surface area contributed by atoms with E-state index in [2.05, 4.69) is 13.8 Å². The van der Waals surface area contributed by atoms with E-state index in [0.29, 0.717) is 36.4 Å². The second-order valence-corrected chi connectivity index (χ2v) is 10.3. The third-order valence-corrected chi connectivity index (χ3v) is 9.35. The van der Waals surface area contributed by atoms with Crippen molar-refractivity contribution in [2.24, 2.45) is 28.6 Å². The summed E-state index contributed by atoms with van der Waals surface area (Å²) < 4.78 is 5.43. The number of hydrogen-bond acceptors (Lipinski definition) is 4. The van der Waals surface area contributed by atoms with Gasteiger partial charge in [-0.1, -0.05) is 13.8 Å². The van der Waals surface area contributed by atoms with Gasteiger partial charge in [0.25, 0.3) is 0 Å². The fraction of sp³-hybridized carbons (Fsp3) is 0.905. The molecule has 0 aliphatic heterocycles. The zero-order valence-corrected chi connectivity index (χ0v) is 16.8. The minimum absolute atomic E-state index is 0.182. The number of ether oxygens (including phenoxy) is 1. The molecule has 1 N–H and O–H groups in total. The van der Waals surface area contributed by atoms with Crippen LogP contribution >= 0.6 is 11.6 Å². The van der Waals surface area contributed by atoms with Crippen LogP contribution in [0.1, 0.15) is 72.1 Å². The average Bonchev–Trinajstić information content (AvgIpc) is 2.86. The first-order valence-electron chi connectivity index (χ1n) is 10.2. The Balaban J connectivity index is 1.65. The second-order valence-electron chi connectivity index (χ2n) is 9.81. The molecule has 0 radical (unpaired) electrons. The number of hydrogen-bond donors (Lipinski definition) is 1. The number of halogens is 1. The van der Waals surface area contributed by atoms with E-state index in [0.717, 1.165) is 38.5 Å². The van der Waals surface area contributed by atoms with Gasteiger partial charge in [0.1, 0.15) is 11.9 Å². The Labute approximate surface area is 161 Å². The van der Waals surface area contributed by atoms with Crippen molar-refractivity contribution in [1.82, 2.24) is 0 Å². The van der Waals surface area contributed by atoms with E-state index >= 15 is 0 Å². The molecular weight excluding hydrogens is 352 g/mol. The summed E-state index contributed by atoms with van der Waals surface area (Å²) in [4.78, 5) is 23.9. The minimum Gasteiger partial charge on any atom is -0.462 e. The molecular formula is C21H31ClO4. The Morgan fingerprint density at radius 1 is 1.19 bits per heavy atom. The van der Waals surface area contributed by atoms with E-state index in [1.807, 2.05) is 0 Å². The summed E-state index contributed by atoms with van der Waals surface area (Å²) >= 11 is 6.84. The highest BCUT2D eigenvalue weighted by molar-refractivity contribution is 6.21. The molecule has 0 aromatic rings. The quantitative estimate of drug-likeness (QED) is 0.552. The normalized spacial score (nSPS) is 53.4. The molecule has 4 nitrogen and oxygen atoms in total. The number of esters is 1. The van der Waals surface area contributed by atoms with Crippen LogP contribution in [0, 0.1) is 28.6 Å². The van der Waals surface area contributed by atoms with Crippen molar-refractivity contribution >= 4 is 23.4 Å². The van der Waals surface area contributed by atoms with E-state index in [9.17, 15) is 14.7 Å². The summed E-state index contributed by atoms with van der Waals surface area (Å²) in [6.07, 6.45) is 6.16. The molecule has 0 saturated heterocycles. The molecule has 0 aromatic heterocycles. The Bertz CT molecular complexity index is 636. The van der Waals surface area contributed by atoms with Crippen LogP contribution in [0.2, 0.25) is 0 Å². The molecule has 0 aromatic carbocycles. The van der Waals surface area contributed by atoms with E-state index < -0.39 is 5.60 Å². The number of alkyl halides is 1. The topological polar surface area (TPSA) is 63.6 Å². The molecule has 0 spiro atoms. The molecule has 0 bridgehead atoms. The monoisotopic (exact) mass is 382 g/mol. The molecule has 0 heterocycles. The van der Waals surface area contributed by atoms with Crippen molar-refractivity contribution in [3.05, 3.63) is 0 Å². The standard InChI is InChI=1S/C21H31ClO4/c1-12(23)26-13-6-9-20(3)16-7-8-19(2)15(4-5-18(19)24)14(16)10-17(22)21(20,25)11-13/h13-17,25H,4-11H2,1-3H3/t13-,14+,15-,16+,17+,19+,20-,21+/m1/s1. The number of fused-ring (bicyclic) bond motifs is 5. The highest BCUT2D eigenvalue weighted by atomic mass is 35.5. The van der Waals surface area contributed by atoms with Crippen LogP contribution in [0.15, 0.2) is 0 Å². The van der Waals surface area contributed by atoms with Gasteiger partial charge in [-0.25, -0.2) is 0 Å². The third-order valence-electron chi connectivity index (χ3n) is 8.81. The first kappa shape index (κ1) is 18.7. The largest absolute Gasteiger partial charge is 0.462 e. The van der Waals surface area contributed by atoms with E-state index in [1.165, 1.54) is 6.92 Å². The first-order chi connectivity index (χ1) is 12.1. The predicted octanol–water partition coefficient (Wildman–Crippen LogP) is 3.86. The van der Waals surface area contributed by atoms with Gasteiger partial charge in [-0.3, -0.25) is 9.59 Å². The van der Waals surface area contributed by atoms with Crippen molar-refractivity contribution < 1.29 is 19.4 Å². The van der Waals surface area contributed by atoms with Gasteiger partial charge in [0.05, 0.1) is 11.0 Å². The van der Waals surface area contributed by atoms with Crippen LogP contribution in [0.3, 0.4) is 0 Å². The van der Waals surface area contributed by atoms with Crippen LogP contribution in [0.5, 0.6) is 0 Å². The van der Waals surface area contributed by atoms with Crippen LogP contribution in [-0.2, 0) is 14.3 Å². The van der Waals surface area contributed by atoms with Crippen molar-refractivity contribution in [3.63, 3.8) is 0 Å². The maximum atomic E-state index is 12.5. The molecule has 4 aliphatic carbocycles. The van der Waals surface area contributed by atoms with Crippen molar-refractivity contribution in [1.29, 1.82) is 0 Å². The fourth-order valence-corrected chi connectivity index (χ4v) is 7.84. The SMILES string of the molecule is CC(=O)O[C@@H]1CC[C@]2(C)[C@H]3CC[C@]4(C)C(=O)CC[C@@H]4[C@@H]3C[C@H](Cl)[C@@]2(O)C1. The first-order valence-corrected chi connectivity index (χ1v) is 10.6. The Kier molecular flexibility index (Phi) is 4.28. The number of Topliss-reactive ketones (excluding diaryl/α,β-unsaturated/α-hetero) is 1. The second kappa shape index (κ2) is 5.94. The van der Waals surface area contributed by atoms with E-state index in [4.69, 9.17) is 16.3 Å². The zero-order valence-electron chi connectivity index (χ0n) is 16.1. The smallest absolute Gasteiger partial charge is 0.302 e. The van der Waals surface area contributed by atoms with Gasteiger partial charge in [-0.2, -0.15) is 0 Å². The molecule has 0 unspecified atom stereocenters. The summed E-state index contributed by atoms with van der Waals surface area (Å²) in [6.45, 7) is 5.78. The third kappa shape index (κ3) is 2.37. The van der Waals surface area contributed by atoms with Crippen LogP contribution in [-0.4, -0.2) is 33.9 Å². The van der Waals surface area contributed by atoms with E-state index in [-0.39, 0.29) is 28.3 Å². The van der Waals surface area contributed by atoms with Crippen LogP contribution in [0.4, 0.5) is 0 Å². The lowest BCUT2D eigenvalue weighted by Crippen LogP contribution is -2.67. The summed E-state index contributed by atoms with van der Waals surface area (Å²) in [7, 11) is 0. The summed E-state index contributed by atoms with van der Waals surface area (Å²) in [5.41, 5.74) is -1.46. The highest BCUT2D eigenvalue weighted by Crippen LogP contribution is 2.67. The summed E-state index contributed by atoms with van der Waals surface area (Å²) in [6, 6.07) is 0. The highest BCUT2D eigenvalue weighted by Gasteiger charge is 2.67. The molecule has 8 atom stereocenters. The van der Waals surface area contributed by atoms with Crippen molar-refractivity contribution in [2.75, 3.05) is 0 Å². The van der Waals surface area contributed by atoms with Gasteiger partial charge in [0.2, 0.25) is 0 Å².